The lowest BCUT2D eigenvalue weighted by Crippen LogP contribution is -2.52. The number of aryl methyl sites for hydroxylation is 1. The number of amides is 1. The molecule has 1 heterocycles. The van der Waals surface area contributed by atoms with Gasteiger partial charge in [0, 0.05) is 38.3 Å². The lowest BCUT2D eigenvalue weighted by atomic mass is 10.1. The molecule has 0 radical (unpaired) electrons. The molecule has 0 bridgehead atoms. The molecule has 1 aromatic rings. The smallest absolute Gasteiger partial charge is 0.434 e. The van der Waals surface area contributed by atoms with Crippen molar-refractivity contribution < 1.29 is 50.5 Å². The predicted octanol–water partition coefficient (Wildman–Crippen LogP) is 4.37. The summed E-state index contributed by atoms with van der Waals surface area (Å²) in [4.78, 5) is 25.9. The Kier molecular flexibility index (Phi) is 8.07. The fourth-order valence-electron chi connectivity index (χ4n) is 4.18. The number of aliphatic carboxylic acids is 1. The van der Waals surface area contributed by atoms with Gasteiger partial charge in [0.2, 0.25) is 0 Å². The molecule has 13 heteroatoms. The Morgan fingerprint density at radius 1 is 1.06 bits per heavy atom. The van der Waals surface area contributed by atoms with Crippen molar-refractivity contribution in [2.75, 3.05) is 26.2 Å². The Morgan fingerprint density at radius 3 is 2.23 bits per heavy atom. The van der Waals surface area contributed by atoms with Crippen LogP contribution in [0.15, 0.2) is 18.2 Å². The van der Waals surface area contributed by atoms with Crippen LogP contribution >= 0.6 is 0 Å². The highest BCUT2D eigenvalue weighted by atomic mass is 19.4. The topological polar surface area (TPSA) is 79.3 Å². The number of nitrogens with zero attached hydrogens (tertiary/aromatic N) is 2. The molecule has 1 saturated heterocycles. The number of carbonyl (C=O) groups is 2. The second-order valence-electron chi connectivity index (χ2n) is 8.81. The minimum atomic E-state index is -5.76. The fraction of sp³-hybridized carbons (Fsp3) is 0.636. The molecular weight excluding hydrogens is 486 g/mol. The Morgan fingerprint density at radius 2 is 1.69 bits per heavy atom. The molecule has 1 N–H and O–H groups in total. The molecular formula is C22H26F6N2O5. The van der Waals surface area contributed by atoms with Crippen LogP contribution in [-0.2, 0) is 16.1 Å². The van der Waals surface area contributed by atoms with Gasteiger partial charge in [0.05, 0.1) is 12.0 Å². The van der Waals surface area contributed by atoms with Crippen LogP contribution in [0.4, 0.5) is 31.1 Å². The summed E-state index contributed by atoms with van der Waals surface area (Å²) < 4.78 is 85.8. The van der Waals surface area contributed by atoms with Crippen LogP contribution in [-0.4, -0.2) is 77.7 Å². The number of alkyl halides is 6. The van der Waals surface area contributed by atoms with Crippen LogP contribution in [0, 0.1) is 12.8 Å². The van der Waals surface area contributed by atoms with Crippen molar-refractivity contribution in [3.8, 4) is 5.75 Å². The van der Waals surface area contributed by atoms with Crippen molar-refractivity contribution in [3.05, 3.63) is 29.3 Å². The van der Waals surface area contributed by atoms with Gasteiger partial charge in [-0.2, -0.15) is 26.3 Å². The van der Waals surface area contributed by atoms with Crippen molar-refractivity contribution in [2.45, 2.75) is 57.3 Å². The number of carboxylic acids is 1. The minimum absolute atomic E-state index is 0.105. The number of benzene rings is 1. The van der Waals surface area contributed by atoms with Gasteiger partial charge in [-0.15, -0.1) is 0 Å². The number of rotatable bonds is 6. The van der Waals surface area contributed by atoms with Crippen molar-refractivity contribution in [1.82, 2.24) is 9.80 Å². The zero-order valence-corrected chi connectivity index (χ0v) is 18.9. The number of carboxylic acid groups (broad SMARTS) is 1. The van der Waals surface area contributed by atoms with Crippen molar-refractivity contribution in [3.63, 3.8) is 0 Å². The number of piperazine rings is 1. The zero-order chi connectivity index (χ0) is 26.0. The van der Waals surface area contributed by atoms with E-state index in [1.54, 1.807) is 0 Å². The molecule has 1 aliphatic heterocycles. The first-order valence-electron chi connectivity index (χ1n) is 11.0. The maximum absolute atomic E-state index is 12.7. The second kappa shape index (κ2) is 10.5. The van der Waals surface area contributed by atoms with Gasteiger partial charge < -0.3 is 19.5 Å². The van der Waals surface area contributed by atoms with E-state index >= 15 is 0 Å². The number of ether oxygens (including phenoxy) is 2. The van der Waals surface area contributed by atoms with Gasteiger partial charge in [0.15, 0.2) is 0 Å². The third-order valence-corrected chi connectivity index (χ3v) is 6.09. The summed E-state index contributed by atoms with van der Waals surface area (Å²) in [5, 5.41) is 9.19. The average molecular weight is 512 g/mol. The SMILES string of the molecule is Cc1ccc(CN2CCN(C(=O)OC(C(F)(F)F)C(F)(F)F)CC2)c(O[C@@H]2CC[C@H](C(=O)O)C2)c1. The molecule has 35 heavy (non-hydrogen) atoms. The Bertz CT molecular complexity index is 901. The first-order chi connectivity index (χ1) is 16.2. The van der Waals surface area contributed by atoms with E-state index in [4.69, 9.17) is 4.74 Å². The molecule has 0 spiro atoms. The first-order valence-corrected chi connectivity index (χ1v) is 11.0. The molecule has 1 aliphatic carbocycles. The Balaban J connectivity index is 1.57. The van der Waals surface area contributed by atoms with E-state index < -0.39 is 36.4 Å². The van der Waals surface area contributed by atoms with E-state index in [9.17, 15) is 41.0 Å². The molecule has 0 unspecified atom stereocenters. The van der Waals surface area contributed by atoms with Crippen LogP contribution in [0.1, 0.15) is 30.4 Å². The van der Waals surface area contributed by atoms with E-state index in [0.717, 1.165) is 16.0 Å². The van der Waals surface area contributed by atoms with E-state index in [0.29, 0.717) is 31.6 Å². The zero-order valence-electron chi connectivity index (χ0n) is 18.9. The van der Waals surface area contributed by atoms with E-state index in [1.165, 1.54) is 0 Å². The maximum atomic E-state index is 12.7. The fourth-order valence-corrected chi connectivity index (χ4v) is 4.18. The molecule has 2 atom stereocenters. The summed E-state index contributed by atoms with van der Waals surface area (Å²) >= 11 is 0. The average Bonchev–Trinajstić information content (AvgIpc) is 3.21. The lowest BCUT2D eigenvalue weighted by molar-refractivity contribution is -0.308. The van der Waals surface area contributed by atoms with E-state index in [1.807, 2.05) is 30.0 Å². The highest BCUT2D eigenvalue weighted by molar-refractivity contribution is 5.70. The quantitative estimate of drug-likeness (QED) is 0.571. The third kappa shape index (κ3) is 7.15. The molecule has 1 saturated carbocycles. The number of carbonyl (C=O) groups excluding carboxylic acids is 1. The van der Waals surface area contributed by atoms with Crippen LogP contribution in [0.5, 0.6) is 5.75 Å². The number of hydrogen-bond acceptors (Lipinski definition) is 5. The molecule has 1 aromatic carbocycles. The lowest BCUT2D eigenvalue weighted by Gasteiger charge is -2.35. The molecule has 7 nitrogen and oxygen atoms in total. The van der Waals surface area contributed by atoms with Crippen molar-refractivity contribution >= 4 is 12.1 Å². The first kappa shape index (κ1) is 26.9. The summed E-state index contributed by atoms with van der Waals surface area (Å²) in [5.74, 6) is -0.704. The second-order valence-corrected chi connectivity index (χ2v) is 8.81. The highest BCUT2D eigenvalue weighted by Crippen LogP contribution is 2.36. The minimum Gasteiger partial charge on any atom is -0.490 e. The highest BCUT2D eigenvalue weighted by Gasteiger charge is 2.60. The van der Waals surface area contributed by atoms with Crippen molar-refractivity contribution in [1.29, 1.82) is 0 Å². The molecule has 2 aliphatic rings. The largest absolute Gasteiger partial charge is 0.490 e. The third-order valence-electron chi connectivity index (χ3n) is 6.09. The summed E-state index contributed by atoms with van der Waals surface area (Å²) in [6.45, 7) is 2.45. The number of hydrogen-bond donors (Lipinski definition) is 1. The number of halogens is 6. The molecule has 196 valence electrons. The van der Waals surface area contributed by atoms with Gasteiger partial charge in [-0.05, 0) is 37.8 Å². The van der Waals surface area contributed by atoms with Gasteiger partial charge >= 0.3 is 24.4 Å². The van der Waals surface area contributed by atoms with Gasteiger partial charge in [-0.1, -0.05) is 12.1 Å². The van der Waals surface area contributed by atoms with Crippen LogP contribution < -0.4 is 4.74 Å². The normalized spacial score (nSPS) is 21.9. The maximum Gasteiger partial charge on any atom is 0.434 e. The van der Waals surface area contributed by atoms with Gasteiger partial charge in [0.25, 0.3) is 6.10 Å². The van der Waals surface area contributed by atoms with Gasteiger partial charge in [-0.3, -0.25) is 9.69 Å². The van der Waals surface area contributed by atoms with E-state index in [-0.39, 0.29) is 32.3 Å². The summed E-state index contributed by atoms with van der Waals surface area (Å²) in [5.41, 5.74) is 1.74. The van der Waals surface area contributed by atoms with Crippen LogP contribution in [0.3, 0.4) is 0 Å². The van der Waals surface area contributed by atoms with E-state index in [2.05, 4.69) is 4.74 Å². The molecule has 3 rings (SSSR count). The monoisotopic (exact) mass is 512 g/mol. The standard InChI is InChI=1S/C22H26F6N2O5/c1-13-2-3-15(17(10-13)34-16-5-4-14(11-16)18(31)32)12-29-6-8-30(9-7-29)20(33)35-19(21(23,24)25)22(26,27)28/h2-3,10,14,16,19H,4-9,11-12H2,1H3,(H,31,32)/t14-,16+/m0/s1. The summed E-state index contributed by atoms with van der Waals surface area (Å²) in [6.07, 6.45) is -16.1. The predicted molar refractivity (Wildman–Crippen MR) is 110 cm³/mol. The van der Waals surface area contributed by atoms with Gasteiger partial charge in [0.1, 0.15) is 5.75 Å². The Labute approximate surface area is 197 Å². The summed E-state index contributed by atoms with van der Waals surface area (Å²) in [7, 11) is 0. The Hall–Kier alpha value is -2.70. The molecule has 2 fully saturated rings. The molecule has 1 amide bonds. The summed E-state index contributed by atoms with van der Waals surface area (Å²) in [6, 6.07) is 5.57. The van der Waals surface area contributed by atoms with Crippen molar-refractivity contribution in [2.24, 2.45) is 5.92 Å². The molecule has 0 aromatic heterocycles. The van der Waals surface area contributed by atoms with Crippen LogP contribution in [0.25, 0.3) is 0 Å². The van der Waals surface area contributed by atoms with Gasteiger partial charge in [-0.25, -0.2) is 4.79 Å². The van der Waals surface area contributed by atoms with Crippen LogP contribution in [0.2, 0.25) is 0 Å².